The lowest BCUT2D eigenvalue weighted by Crippen LogP contribution is -1.98. The first-order valence-corrected chi connectivity index (χ1v) is 7.05. The fraction of sp³-hybridized carbons (Fsp3) is 0.200. The SMILES string of the molecule is CSc1nnc(NCc2cccc(Cl)c2)s1. The van der Waals surface area contributed by atoms with Gasteiger partial charge in [-0.2, -0.15) is 0 Å². The molecule has 2 rings (SSSR count). The molecular weight excluding hydrogens is 262 g/mol. The molecular formula is C10H10ClN3S2. The van der Waals surface area contributed by atoms with E-state index in [9.17, 15) is 0 Å². The summed E-state index contributed by atoms with van der Waals surface area (Å²) in [7, 11) is 0. The van der Waals surface area contributed by atoms with Crippen LogP contribution in [-0.2, 0) is 6.54 Å². The summed E-state index contributed by atoms with van der Waals surface area (Å²) in [5, 5.41) is 12.8. The van der Waals surface area contributed by atoms with Crippen molar-refractivity contribution in [1.82, 2.24) is 10.2 Å². The van der Waals surface area contributed by atoms with Crippen molar-refractivity contribution in [1.29, 1.82) is 0 Å². The Hall–Kier alpha value is -0.780. The first-order valence-electron chi connectivity index (χ1n) is 4.64. The second-order valence-electron chi connectivity index (χ2n) is 3.06. The summed E-state index contributed by atoms with van der Waals surface area (Å²) in [4.78, 5) is 0. The van der Waals surface area contributed by atoms with Gasteiger partial charge in [-0.3, -0.25) is 0 Å². The summed E-state index contributed by atoms with van der Waals surface area (Å²) in [6.07, 6.45) is 1.99. The molecule has 16 heavy (non-hydrogen) atoms. The molecule has 0 radical (unpaired) electrons. The van der Waals surface area contributed by atoms with Gasteiger partial charge in [0, 0.05) is 11.6 Å². The quantitative estimate of drug-likeness (QED) is 0.864. The molecule has 0 unspecified atom stereocenters. The van der Waals surface area contributed by atoms with Crippen molar-refractivity contribution >= 4 is 39.8 Å². The fourth-order valence-electron chi connectivity index (χ4n) is 1.19. The highest BCUT2D eigenvalue weighted by Gasteiger charge is 2.02. The van der Waals surface area contributed by atoms with E-state index in [1.165, 1.54) is 0 Å². The van der Waals surface area contributed by atoms with Crippen LogP contribution in [0.3, 0.4) is 0 Å². The van der Waals surface area contributed by atoms with Crippen molar-refractivity contribution < 1.29 is 0 Å². The van der Waals surface area contributed by atoms with Crippen LogP contribution < -0.4 is 5.32 Å². The molecule has 84 valence electrons. The van der Waals surface area contributed by atoms with E-state index in [0.717, 1.165) is 20.1 Å². The molecule has 0 saturated heterocycles. The van der Waals surface area contributed by atoms with Crippen molar-refractivity contribution in [2.75, 3.05) is 11.6 Å². The number of hydrogen-bond acceptors (Lipinski definition) is 5. The van der Waals surface area contributed by atoms with Gasteiger partial charge in [0.15, 0.2) is 4.34 Å². The van der Waals surface area contributed by atoms with Crippen molar-refractivity contribution in [2.45, 2.75) is 10.9 Å². The summed E-state index contributed by atoms with van der Waals surface area (Å²) in [6, 6.07) is 7.76. The molecule has 0 fully saturated rings. The van der Waals surface area contributed by atoms with Gasteiger partial charge in [0.05, 0.1) is 0 Å². The van der Waals surface area contributed by atoms with Gasteiger partial charge in [0.1, 0.15) is 0 Å². The van der Waals surface area contributed by atoms with E-state index in [-0.39, 0.29) is 0 Å². The van der Waals surface area contributed by atoms with Crippen LogP contribution in [-0.4, -0.2) is 16.5 Å². The second kappa shape index (κ2) is 5.52. The molecule has 0 atom stereocenters. The minimum absolute atomic E-state index is 0.712. The highest BCUT2D eigenvalue weighted by Crippen LogP contribution is 2.23. The van der Waals surface area contributed by atoms with Gasteiger partial charge in [0.25, 0.3) is 0 Å². The van der Waals surface area contributed by atoms with E-state index in [0.29, 0.717) is 6.54 Å². The van der Waals surface area contributed by atoms with Gasteiger partial charge in [-0.25, -0.2) is 0 Å². The van der Waals surface area contributed by atoms with Gasteiger partial charge in [0.2, 0.25) is 5.13 Å². The van der Waals surface area contributed by atoms with E-state index in [1.807, 2.05) is 30.5 Å². The molecule has 1 aromatic carbocycles. The van der Waals surface area contributed by atoms with E-state index < -0.39 is 0 Å². The summed E-state index contributed by atoms with van der Waals surface area (Å²) >= 11 is 9.05. The predicted octanol–water partition coefficient (Wildman–Crippen LogP) is 3.53. The third-order valence-corrected chi connectivity index (χ3v) is 4.01. The molecule has 0 aliphatic carbocycles. The molecule has 0 aliphatic rings. The van der Waals surface area contributed by atoms with E-state index >= 15 is 0 Å². The molecule has 1 N–H and O–H groups in total. The number of thioether (sulfide) groups is 1. The molecule has 2 aromatic rings. The lowest BCUT2D eigenvalue weighted by molar-refractivity contribution is 0.997. The van der Waals surface area contributed by atoms with Crippen LogP contribution in [0.15, 0.2) is 28.6 Å². The maximum Gasteiger partial charge on any atom is 0.206 e. The molecule has 3 nitrogen and oxygen atoms in total. The second-order valence-corrected chi connectivity index (χ2v) is 5.53. The summed E-state index contributed by atoms with van der Waals surface area (Å²) in [5.74, 6) is 0. The number of nitrogens with one attached hydrogen (secondary N) is 1. The third kappa shape index (κ3) is 3.10. The molecule has 1 aromatic heterocycles. The van der Waals surface area contributed by atoms with Crippen molar-refractivity contribution in [3.8, 4) is 0 Å². The predicted molar refractivity (Wildman–Crippen MR) is 70.5 cm³/mol. The average molecular weight is 272 g/mol. The Bertz CT molecular complexity index is 473. The molecule has 0 spiro atoms. The molecule has 6 heteroatoms. The van der Waals surface area contributed by atoms with Crippen LogP contribution in [0.4, 0.5) is 5.13 Å². The highest BCUT2D eigenvalue weighted by atomic mass is 35.5. The minimum atomic E-state index is 0.712. The number of aromatic nitrogens is 2. The topological polar surface area (TPSA) is 37.8 Å². The Morgan fingerprint density at radius 1 is 1.44 bits per heavy atom. The lowest BCUT2D eigenvalue weighted by atomic mass is 10.2. The van der Waals surface area contributed by atoms with Crippen LogP contribution >= 0.6 is 34.7 Å². The number of benzene rings is 1. The smallest absolute Gasteiger partial charge is 0.206 e. The van der Waals surface area contributed by atoms with Gasteiger partial charge < -0.3 is 5.32 Å². The Labute approximate surface area is 107 Å². The maximum atomic E-state index is 5.90. The summed E-state index contributed by atoms with van der Waals surface area (Å²) in [6.45, 7) is 0.712. The van der Waals surface area contributed by atoms with E-state index in [1.54, 1.807) is 23.1 Å². The zero-order valence-electron chi connectivity index (χ0n) is 8.61. The first-order chi connectivity index (χ1) is 7.78. The van der Waals surface area contributed by atoms with Crippen LogP contribution in [0.25, 0.3) is 0 Å². The van der Waals surface area contributed by atoms with Crippen molar-refractivity contribution in [3.05, 3.63) is 34.9 Å². The minimum Gasteiger partial charge on any atom is -0.356 e. The highest BCUT2D eigenvalue weighted by molar-refractivity contribution is 8.00. The monoisotopic (exact) mass is 271 g/mol. The van der Waals surface area contributed by atoms with E-state index in [2.05, 4.69) is 15.5 Å². The Morgan fingerprint density at radius 2 is 2.31 bits per heavy atom. The zero-order chi connectivity index (χ0) is 11.4. The molecule has 0 aliphatic heterocycles. The van der Waals surface area contributed by atoms with Crippen LogP contribution in [0, 0.1) is 0 Å². The number of nitrogens with zero attached hydrogens (tertiary/aromatic N) is 2. The standard InChI is InChI=1S/C10H10ClN3S2/c1-15-10-14-13-9(16-10)12-6-7-3-2-4-8(11)5-7/h2-5H,6H2,1H3,(H,12,13). The Balaban J connectivity index is 1.96. The average Bonchev–Trinajstić information content (AvgIpc) is 2.74. The largest absolute Gasteiger partial charge is 0.356 e. The lowest BCUT2D eigenvalue weighted by Gasteiger charge is -2.02. The maximum absolute atomic E-state index is 5.90. The number of rotatable bonds is 4. The van der Waals surface area contributed by atoms with Crippen molar-refractivity contribution in [3.63, 3.8) is 0 Å². The Morgan fingerprint density at radius 3 is 3.00 bits per heavy atom. The van der Waals surface area contributed by atoms with E-state index in [4.69, 9.17) is 11.6 Å². The normalized spacial score (nSPS) is 10.4. The number of anilines is 1. The molecule has 0 bridgehead atoms. The first kappa shape index (κ1) is 11.7. The third-order valence-electron chi connectivity index (χ3n) is 1.91. The summed E-state index contributed by atoms with van der Waals surface area (Å²) in [5.41, 5.74) is 1.13. The molecule has 0 amide bonds. The van der Waals surface area contributed by atoms with Crippen LogP contribution in [0.2, 0.25) is 5.02 Å². The molecule has 0 saturated carbocycles. The molecule has 1 heterocycles. The number of halogens is 1. The zero-order valence-corrected chi connectivity index (χ0v) is 11.0. The van der Waals surface area contributed by atoms with Gasteiger partial charge in [-0.05, 0) is 24.0 Å². The Kier molecular flexibility index (Phi) is 4.04. The van der Waals surface area contributed by atoms with Gasteiger partial charge in [-0.1, -0.05) is 46.8 Å². The van der Waals surface area contributed by atoms with Gasteiger partial charge >= 0.3 is 0 Å². The fourth-order valence-corrected chi connectivity index (χ4v) is 2.57. The number of hydrogen-bond donors (Lipinski definition) is 1. The van der Waals surface area contributed by atoms with Gasteiger partial charge in [-0.15, -0.1) is 10.2 Å². The van der Waals surface area contributed by atoms with Crippen LogP contribution in [0.1, 0.15) is 5.56 Å². The van der Waals surface area contributed by atoms with Crippen LogP contribution in [0.5, 0.6) is 0 Å². The van der Waals surface area contributed by atoms with Crippen molar-refractivity contribution in [2.24, 2.45) is 0 Å². The summed E-state index contributed by atoms with van der Waals surface area (Å²) < 4.78 is 0.966.